The molecule has 2 aromatic rings. The summed E-state index contributed by atoms with van der Waals surface area (Å²) in [5, 5.41) is 10.5. The average molecular weight is 287 g/mol. The quantitative estimate of drug-likeness (QED) is 0.897. The van der Waals surface area contributed by atoms with Gasteiger partial charge in [0, 0.05) is 12.2 Å². The second-order valence-corrected chi connectivity index (χ2v) is 5.94. The molecular formula is C15H21N5O. The molecule has 0 saturated carbocycles. The average Bonchev–Trinajstić information content (AvgIpc) is 2.87. The number of carbonyl (C=O) groups excluding carboxylic acids is 1. The van der Waals surface area contributed by atoms with E-state index in [4.69, 9.17) is 5.73 Å². The normalized spacial score (nSPS) is 11.4. The summed E-state index contributed by atoms with van der Waals surface area (Å²) in [5.41, 5.74) is 7.76. The predicted molar refractivity (Wildman–Crippen MR) is 82.2 cm³/mol. The fourth-order valence-electron chi connectivity index (χ4n) is 1.89. The maximum Gasteiger partial charge on any atom is 0.277 e. The lowest BCUT2D eigenvalue weighted by atomic mass is 9.87. The summed E-state index contributed by atoms with van der Waals surface area (Å²) in [6, 6.07) is 7.81. The van der Waals surface area contributed by atoms with E-state index in [9.17, 15) is 4.79 Å². The molecule has 0 aliphatic rings. The third-order valence-electron chi connectivity index (χ3n) is 3.14. The smallest absolute Gasteiger partial charge is 0.277 e. The van der Waals surface area contributed by atoms with Crippen LogP contribution in [0.5, 0.6) is 0 Å². The zero-order valence-electron chi connectivity index (χ0n) is 12.6. The Balaban J connectivity index is 2.05. The molecule has 0 unspecified atom stereocenters. The molecule has 6 nitrogen and oxygen atoms in total. The molecule has 0 aliphatic heterocycles. The largest absolute Gasteiger partial charge is 0.329 e. The molecule has 1 aromatic carbocycles. The van der Waals surface area contributed by atoms with Crippen LogP contribution in [0.1, 0.15) is 36.8 Å². The van der Waals surface area contributed by atoms with Gasteiger partial charge in [-0.05, 0) is 23.1 Å². The van der Waals surface area contributed by atoms with E-state index in [1.165, 1.54) is 5.56 Å². The molecule has 0 fully saturated rings. The van der Waals surface area contributed by atoms with Crippen LogP contribution in [0.4, 0.5) is 5.69 Å². The molecule has 21 heavy (non-hydrogen) atoms. The molecule has 1 amide bonds. The summed E-state index contributed by atoms with van der Waals surface area (Å²) in [6.45, 7) is 7.45. The topological polar surface area (TPSA) is 85.8 Å². The van der Waals surface area contributed by atoms with Crippen LogP contribution in [-0.4, -0.2) is 27.4 Å². The molecule has 0 atom stereocenters. The van der Waals surface area contributed by atoms with Crippen LogP contribution in [0.15, 0.2) is 30.5 Å². The Morgan fingerprint density at radius 2 is 1.95 bits per heavy atom. The fourth-order valence-corrected chi connectivity index (χ4v) is 1.89. The maximum atomic E-state index is 12.1. The van der Waals surface area contributed by atoms with Crippen LogP contribution in [0.3, 0.4) is 0 Å². The molecule has 3 N–H and O–H groups in total. The molecule has 6 heteroatoms. The van der Waals surface area contributed by atoms with Gasteiger partial charge in [-0.25, -0.2) is 0 Å². The number of nitrogens with two attached hydrogens (primary N) is 1. The number of nitrogens with zero attached hydrogens (tertiary/aromatic N) is 3. The van der Waals surface area contributed by atoms with Gasteiger partial charge in [0.15, 0.2) is 5.69 Å². The summed E-state index contributed by atoms with van der Waals surface area (Å²) in [6.07, 6.45) is 1.59. The van der Waals surface area contributed by atoms with E-state index in [2.05, 4.69) is 36.4 Å². The van der Waals surface area contributed by atoms with E-state index in [0.29, 0.717) is 13.1 Å². The van der Waals surface area contributed by atoms with E-state index in [0.717, 1.165) is 5.69 Å². The molecule has 2 rings (SSSR count). The van der Waals surface area contributed by atoms with Crippen LogP contribution in [0.25, 0.3) is 0 Å². The SMILES string of the molecule is CC(C)(C)c1ccc(NC(=O)c2cn(CCN)nn2)cc1. The third-order valence-corrected chi connectivity index (χ3v) is 3.14. The van der Waals surface area contributed by atoms with Crippen molar-refractivity contribution in [1.29, 1.82) is 0 Å². The third kappa shape index (κ3) is 3.88. The Morgan fingerprint density at radius 3 is 2.52 bits per heavy atom. The van der Waals surface area contributed by atoms with E-state index in [1.54, 1.807) is 10.9 Å². The van der Waals surface area contributed by atoms with E-state index < -0.39 is 0 Å². The van der Waals surface area contributed by atoms with Gasteiger partial charge in [-0.2, -0.15) is 0 Å². The highest BCUT2D eigenvalue weighted by atomic mass is 16.2. The minimum Gasteiger partial charge on any atom is -0.329 e. The number of rotatable bonds is 4. The number of nitrogens with one attached hydrogen (secondary N) is 1. The van der Waals surface area contributed by atoms with E-state index >= 15 is 0 Å². The lowest BCUT2D eigenvalue weighted by Gasteiger charge is -2.19. The number of amides is 1. The van der Waals surface area contributed by atoms with Crippen molar-refractivity contribution in [2.24, 2.45) is 5.73 Å². The highest BCUT2D eigenvalue weighted by molar-refractivity contribution is 6.02. The van der Waals surface area contributed by atoms with Gasteiger partial charge in [-0.3, -0.25) is 9.48 Å². The lowest BCUT2D eigenvalue weighted by molar-refractivity contribution is 0.102. The fraction of sp³-hybridized carbons (Fsp3) is 0.400. The van der Waals surface area contributed by atoms with Crippen LogP contribution in [-0.2, 0) is 12.0 Å². The number of hydrogen-bond donors (Lipinski definition) is 2. The van der Waals surface area contributed by atoms with Gasteiger partial charge in [0.05, 0.1) is 12.7 Å². The summed E-state index contributed by atoms with van der Waals surface area (Å²) >= 11 is 0. The molecule has 0 bridgehead atoms. The molecule has 0 saturated heterocycles. The highest BCUT2D eigenvalue weighted by Gasteiger charge is 2.14. The summed E-state index contributed by atoms with van der Waals surface area (Å²) in [4.78, 5) is 12.1. The first kappa shape index (κ1) is 15.2. The second-order valence-electron chi connectivity index (χ2n) is 5.94. The number of anilines is 1. The molecule has 0 radical (unpaired) electrons. The molecule has 1 aromatic heterocycles. The summed E-state index contributed by atoms with van der Waals surface area (Å²) in [7, 11) is 0. The number of carbonyl (C=O) groups is 1. The van der Waals surface area contributed by atoms with Gasteiger partial charge in [0.2, 0.25) is 0 Å². The van der Waals surface area contributed by atoms with Crippen molar-refractivity contribution in [1.82, 2.24) is 15.0 Å². The maximum absolute atomic E-state index is 12.1. The minimum atomic E-state index is -0.276. The van der Waals surface area contributed by atoms with Crippen LogP contribution in [0, 0.1) is 0 Å². The zero-order valence-corrected chi connectivity index (χ0v) is 12.6. The molecule has 0 spiro atoms. The highest BCUT2D eigenvalue weighted by Crippen LogP contribution is 2.23. The van der Waals surface area contributed by atoms with Gasteiger partial charge in [-0.15, -0.1) is 5.10 Å². The van der Waals surface area contributed by atoms with E-state index in [1.807, 2.05) is 24.3 Å². The molecule has 0 aliphatic carbocycles. The minimum absolute atomic E-state index is 0.0907. The zero-order chi connectivity index (χ0) is 15.5. The monoisotopic (exact) mass is 287 g/mol. The molecule has 1 heterocycles. The first-order valence-electron chi connectivity index (χ1n) is 6.92. The Hall–Kier alpha value is -2.21. The van der Waals surface area contributed by atoms with Crippen molar-refractivity contribution in [3.8, 4) is 0 Å². The van der Waals surface area contributed by atoms with Gasteiger partial charge < -0.3 is 11.1 Å². The Kier molecular flexibility index (Phi) is 4.37. The van der Waals surface area contributed by atoms with Gasteiger partial charge in [0.1, 0.15) is 0 Å². The molecular weight excluding hydrogens is 266 g/mol. The standard InChI is InChI=1S/C15H21N5O/c1-15(2,3)11-4-6-12(7-5-11)17-14(21)13-10-20(9-8-16)19-18-13/h4-7,10H,8-9,16H2,1-3H3,(H,17,21). The van der Waals surface area contributed by atoms with Gasteiger partial charge >= 0.3 is 0 Å². The predicted octanol–water partition coefficient (Wildman–Crippen LogP) is 1.79. The van der Waals surface area contributed by atoms with Gasteiger partial charge in [0.25, 0.3) is 5.91 Å². The summed E-state index contributed by atoms with van der Waals surface area (Å²) in [5.74, 6) is -0.276. The van der Waals surface area contributed by atoms with Gasteiger partial charge in [-0.1, -0.05) is 38.1 Å². The lowest BCUT2D eigenvalue weighted by Crippen LogP contribution is -2.14. The van der Waals surface area contributed by atoms with Crippen molar-refractivity contribution in [3.63, 3.8) is 0 Å². The van der Waals surface area contributed by atoms with Crippen LogP contribution < -0.4 is 11.1 Å². The first-order valence-corrected chi connectivity index (χ1v) is 6.92. The number of benzene rings is 1. The second kappa shape index (κ2) is 6.05. The molecule has 112 valence electrons. The summed E-state index contributed by atoms with van der Waals surface area (Å²) < 4.78 is 1.55. The Bertz CT molecular complexity index is 610. The number of aromatic nitrogens is 3. The van der Waals surface area contributed by atoms with Crippen molar-refractivity contribution in [2.75, 3.05) is 11.9 Å². The first-order chi connectivity index (χ1) is 9.90. The van der Waals surface area contributed by atoms with Crippen molar-refractivity contribution in [2.45, 2.75) is 32.7 Å². The van der Waals surface area contributed by atoms with Crippen molar-refractivity contribution in [3.05, 3.63) is 41.7 Å². The number of hydrogen-bond acceptors (Lipinski definition) is 4. The van der Waals surface area contributed by atoms with Crippen molar-refractivity contribution >= 4 is 11.6 Å². The van der Waals surface area contributed by atoms with Crippen molar-refractivity contribution < 1.29 is 4.79 Å². The Labute approximate surface area is 124 Å². The Morgan fingerprint density at radius 1 is 1.29 bits per heavy atom. The van der Waals surface area contributed by atoms with Crippen LogP contribution >= 0.6 is 0 Å². The van der Waals surface area contributed by atoms with Crippen LogP contribution in [0.2, 0.25) is 0 Å². The van der Waals surface area contributed by atoms with E-state index in [-0.39, 0.29) is 17.0 Å².